The van der Waals surface area contributed by atoms with Crippen molar-refractivity contribution in [3.05, 3.63) is 0 Å². The summed E-state index contributed by atoms with van der Waals surface area (Å²) in [5, 5.41) is 0. The summed E-state index contributed by atoms with van der Waals surface area (Å²) in [6, 6.07) is 0. The first-order valence-electron chi connectivity index (χ1n) is 5.68. The lowest BCUT2D eigenvalue weighted by atomic mass is 10.0. The van der Waals surface area contributed by atoms with Gasteiger partial charge in [-0.3, -0.25) is 9.69 Å². The van der Waals surface area contributed by atoms with Crippen molar-refractivity contribution in [3.63, 3.8) is 0 Å². The van der Waals surface area contributed by atoms with Gasteiger partial charge in [-0.25, -0.2) is 0 Å². The molecule has 90 valence electrons. The minimum absolute atomic E-state index is 0.239. The highest BCUT2D eigenvalue weighted by Gasteiger charge is 2.33. The maximum atomic E-state index is 11.2. The van der Waals surface area contributed by atoms with Crippen LogP contribution in [-0.4, -0.2) is 54.5 Å². The fourth-order valence-electron chi connectivity index (χ4n) is 1.52. The van der Waals surface area contributed by atoms with Gasteiger partial charge in [0.15, 0.2) is 0 Å². The Morgan fingerprint density at radius 2 is 1.53 bits per heavy atom. The lowest BCUT2D eigenvalue weighted by Gasteiger charge is -2.41. The molecule has 1 heterocycles. The molecule has 1 fully saturated rings. The van der Waals surface area contributed by atoms with Crippen LogP contribution in [0.25, 0.3) is 0 Å². The molecule has 0 aromatic rings. The van der Waals surface area contributed by atoms with Gasteiger partial charge in [0.1, 0.15) is 0 Å². The van der Waals surface area contributed by atoms with E-state index in [1.165, 1.54) is 0 Å². The van der Waals surface area contributed by atoms with E-state index >= 15 is 0 Å². The third kappa shape index (κ3) is 3.80. The van der Waals surface area contributed by atoms with Crippen LogP contribution in [0.2, 0.25) is 0 Å². The predicted molar refractivity (Wildman–Crippen MR) is 63.7 cm³/mol. The Kier molecular flexibility index (Phi) is 5.83. The van der Waals surface area contributed by atoms with Crippen molar-refractivity contribution >= 4 is 5.91 Å². The van der Waals surface area contributed by atoms with Crippen LogP contribution < -0.4 is 5.73 Å². The molecule has 0 aliphatic carbocycles. The van der Waals surface area contributed by atoms with Gasteiger partial charge in [-0.1, -0.05) is 13.8 Å². The molecule has 0 radical (unpaired) electrons. The molecule has 0 spiro atoms. The van der Waals surface area contributed by atoms with Crippen LogP contribution in [0.15, 0.2) is 0 Å². The Bertz CT molecular complexity index is 196. The number of likely N-dealkylation sites (N-methyl/N-ethyl adjacent to an activating group) is 1. The second-order valence-corrected chi connectivity index (χ2v) is 4.21. The lowest BCUT2D eigenvalue weighted by Crippen LogP contribution is -2.59. The van der Waals surface area contributed by atoms with E-state index in [4.69, 9.17) is 5.73 Å². The van der Waals surface area contributed by atoms with Crippen LogP contribution in [0, 0.1) is 0 Å². The number of hydrogen-bond donors (Lipinski definition) is 1. The van der Waals surface area contributed by atoms with Crippen molar-refractivity contribution in [3.8, 4) is 0 Å². The van der Waals surface area contributed by atoms with Crippen molar-refractivity contribution in [2.75, 3.05) is 33.2 Å². The maximum Gasteiger partial charge on any atom is 0.237 e. The number of amides is 1. The highest BCUT2D eigenvalue weighted by molar-refractivity contribution is 5.83. The van der Waals surface area contributed by atoms with Crippen molar-refractivity contribution in [2.24, 2.45) is 5.73 Å². The minimum Gasteiger partial charge on any atom is -0.368 e. The van der Waals surface area contributed by atoms with Crippen LogP contribution in [0.3, 0.4) is 0 Å². The molecular formula is C11H25N3O. The molecule has 1 rings (SSSR count). The third-order valence-corrected chi connectivity index (χ3v) is 2.90. The Morgan fingerprint density at radius 3 is 1.87 bits per heavy atom. The van der Waals surface area contributed by atoms with E-state index < -0.39 is 5.54 Å². The Morgan fingerprint density at radius 1 is 1.13 bits per heavy atom. The van der Waals surface area contributed by atoms with E-state index in [1.54, 1.807) is 0 Å². The quantitative estimate of drug-likeness (QED) is 0.731. The molecule has 0 unspecified atom stereocenters. The monoisotopic (exact) mass is 215 g/mol. The molecule has 0 aromatic carbocycles. The van der Waals surface area contributed by atoms with Gasteiger partial charge in [-0.15, -0.1) is 0 Å². The summed E-state index contributed by atoms with van der Waals surface area (Å²) >= 11 is 0. The molecule has 1 aliphatic rings. The Hall–Kier alpha value is -0.610. The summed E-state index contributed by atoms with van der Waals surface area (Å²) in [7, 11) is 2.09. The van der Waals surface area contributed by atoms with Gasteiger partial charge in [0.05, 0.1) is 5.54 Å². The fourth-order valence-corrected chi connectivity index (χ4v) is 1.52. The Labute approximate surface area is 93.4 Å². The van der Waals surface area contributed by atoms with Crippen LogP contribution in [0.4, 0.5) is 0 Å². The first-order valence-corrected chi connectivity index (χ1v) is 5.68. The largest absolute Gasteiger partial charge is 0.368 e. The highest BCUT2D eigenvalue weighted by atomic mass is 16.1. The van der Waals surface area contributed by atoms with Gasteiger partial charge in [-0.2, -0.15) is 0 Å². The Balaban J connectivity index is 0.000000921. The lowest BCUT2D eigenvalue weighted by molar-refractivity contribution is -0.129. The molecule has 1 saturated heterocycles. The average molecular weight is 215 g/mol. The summed E-state index contributed by atoms with van der Waals surface area (Å²) in [5.74, 6) is -0.239. The zero-order chi connectivity index (χ0) is 12.1. The molecule has 0 aromatic heterocycles. The molecule has 1 amide bonds. The second kappa shape index (κ2) is 6.08. The topological polar surface area (TPSA) is 49.6 Å². The van der Waals surface area contributed by atoms with Gasteiger partial charge in [-0.05, 0) is 20.9 Å². The first kappa shape index (κ1) is 14.4. The highest BCUT2D eigenvalue weighted by Crippen LogP contribution is 2.15. The van der Waals surface area contributed by atoms with Crippen LogP contribution in [-0.2, 0) is 4.79 Å². The average Bonchev–Trinajstić information content (AvgIpc) is 2.21. The van der Waals surface area contributed by atoms with E-state index in [0.717, 1.165) is 26.2 Å². The smallest absolute Gasteiger partial charge is 0.237 e. The number of primary amides is 1. The zero-order valence-electron chi connectivity index (χ0n) is 10.7. The standard InChI is InChI=1S/C9H19N3O.C2H6/c1-9(2,8(10)13)12-6-4-11(3)5-7-12;1-2/h4-7H2,1-3H3,(H2,10,13);1-2H3. The van der Waals surface area contributed by atoms with E-state index in [0.29, 0.717) is 0 Å². The second-order valence-electron chi connectivity index (χ2n) is 4.21. The third-order valence-electron chi connectivity index (χ3n) is 2.90. The molecule has 1 aliphatic heterocycles. The normalized spacial score (nSPS) is 19.3. The van der Waals surface area contributed by atoms with Crippen LogP contribution in [0.5, 0.6) is 0 Å². The van der Waals surface area contributed by atoms with Crippen molar-refractivity contribution in [1.82, 2.24) is 9.80 Å². The van der Waals surface area contributed by atoms with Crippen LogP contribution in [0.1, 0.15) is 27.7 Å². The predicted octanol–water partition coefficient (Wildman–Crippen LogP) is 0.524. The number of carbonyl (C=O) groups is 1. The number of nitrogens with zero attached hydrogens (tertiary/aromatic N) is 2. The van der Waals surface area contributed by atoms with E-state index in [1.807, 2.05) is 27.7 Å². The molecule has 0 saturated carbocycles. The van der Waals surface area contributed by atoms with Crippen molar-refractivity contribution in [1.29, 1.82) is 0 Å². The van der Waals surface area contributed by atoms with E-state index in [9.17, 15) is 4.79 Å². The van der Waals surface area contributed by atoms with Gasteiger partial charge in [0.2, 0.25) is 5.91 Å². The summed E-state index contributed by atoms with van der Waals surface area (Å²) < 4.78 is 0. The summed E-state index contributed by atoms with van der Waals surface area (Å²) in [6.45, 7) is 11.6. The zero-order valence-corrected chi connectivity index (χ0v) is 10.7. The molecule has 15 heavy (non-hydrogen) atoms. The maximum absolute atomic E-state index is 11.2. The van der Waals surface area contributed by atoms with Gasteiger partial charge < -0.3 is 10.6 Å². The summed E-state index contributed by atoms with van der Waals surface area (Å²) in [4.78, 5) is 15.6. The molecule has 0 bridgehead atoms. The fraction of sp³-hybridized carbons (Fsp3) is 0.909. The number of carbonyl (C=O) groups excluding carboxylic acids is 1. The number of piperazine rings is 1. The van der Waals surface area contributed by atoms with Crippen molar-refractivity contribution < 1.29 is 4.79 Å². The van der Waals surface area contributed by atoms with Gasteiger partial charge in [0.25, 0.3) is 0 Å². The number of rotatable bonds is 2. The van der Waals surface area contributed by atoms with Crippen molar-refractivity contribution in [2.45, 2.75) is 33.2 Å². The molecular weight excluding hydrogens is 190 g/mol. The summed E-state index contributed by atoms with van der Waals surface area (Å²) in [6.07, 6.45) is 0. The molecule has 4 nitrogen and oxygen atoms in total. The van der Waals surface area contributed by atoms with Gasteiger partial charge >= 0.3 is 0 Å². The molecule has 4 heteroatoms. The first-order chi connectivity index (χ1) is 6.94. The van der Waals surface area contributed by atoms with Gasteiger partial charge in [0, 0.05) is 26.2 Å². The molecule has 0 atom stereocenters. The molecule has 2 N–H and O–H groups in total. The SMILES string of the molecule is CC.CN1CCN(C(C)(C)C(N)=O)CC1. The number of nitrogens with two attached hydrogens (primary N) is 1. The summed E-state index contributed by atoms with van der Waals surface area (Å²) in [5.41, 5.74) is 4.84. The minimum atomic E-state index is -0.499. The van der Waals surface area contributed by atoms with E-state index in [-0.39, 0.29) is 5.91 Å². The van der Waals surface area contributed by atoms with Crippen LogP contribution >= 0.6 is 0 Å². The number of hydrogen-bond acceptors (Lipinski definition) is 3. The van der Waals surface area contributed by atoms with E-state index in [2.05, 4.69) is 16.8 Å².